The normalized spacial score (nSPS) is 8.82. The molecule has 1 heterocycles. The smallest absolute Gasteiger partial charge is 0.325 e. The van der Waals surface area contributed by atoms with Crippen molar-refractivity contribution in [3.05, 3.63) is 29.2 Å². The maximum atomic E-state index is 10.7. The first-order chi connectivity index (χ1) is 4.61. The van der Waals surface area contributed by atoms with Crippen molar-refractivity contribution in [2.45, 2.75) is 0 Å². The average molecular weight is 227 g/mol. The molecule has 1 rings (SSSR count). The number of aromatic nitrogens is 2. The third kappa shape index (κ3) is 2.31. The number of aryl methyl sites for hydroxylation is 1. The van der Waals surface area contributed by atoms with Crippen LogP contribution in [0.25, 0.3) is 0 Å². The molecule has 2 N–H and O–H groups in total. The molecule has 0 aromatic carbocycles. The van der Waals surface area contributed by atoms with E-state index in [0.717, 1.165) is 0 Å². The summed E-state index contributed by atoms with van der Waals surface area (Å²) in [5.74, 6) is 0.197. The second-order valence-electron chi connectivity index (χ2n) is 2.04. The first-order valence-electron chi connectivity index (χ1n) is 2.76. The van der Waals surface area contributed by atoms with Gasteiger partial charge in [0.2, 0.25) is 0 Å². The standard InChI is InChI=1S/C6H8N3O.Y/c1-4-3-9(2)6(10)8-5(4)7;/h3H,1H2,2H3,(H2,7,8,10);/q-1;. The van der Waals surface area contributed by atoms with Gasteiger partial charge in [-0.1, -0.05) is 6.20 Å². The summed E-state index contributed by atoms with van der Waals surface area (Å²) in [4.78, 5) is 14.2. The first-order valence-corrected chi connectivity index (χ1v) is 2.76. The Kier molecular flexibility index (Phi) is 3.76. The van der Waals surface area contributed by atoms with E-state index in [4.69, 9.17) is 5.73 Å². The van der Waals surface area contributed by atoms with Gasteiger partial charge in [0.1, 0.15) is 0 Å². The number of nitrogens with zero attached hydrogens (tertiary/aromatic N) is 2. The van der Waals surface area contributed by atoms with Gasteiger partial charge in [-0.15, -0.1) is 5.56 Å². The molecule has 1 aromatic rings. The third-order valence-electron chi connectivity index (χ3n) is 1.20. The molecule has 0 aliphatic heterocycles. The molecule has 4 nitrogen and oxygen atoms in total. The average Bonchev–Trinajstić information content (AvgIpc) is 1.84. The van der Waals surface area contributed by atoms with Crippen LogP contribution in [0, 0.1) is 6.92 Å². The van der Waals surface area contributed by atoms with Crippen molar-refractivity contribution in [2.75, 3.05) is 5.73 Å². The SMILES string of the molecule is [CH2-]c1cn(C)c(=O)nc1N.[Y]. The summed E-state index contributed by atoms with van der Waals surface area (Å²) in [5, 5.41) is 0. The van der Waals surface area contributed by atoms with Gasteiger partial charge < -0.3 is 10.3 Å². The summed E-state index contributed by atoms with van der Waals surface area (Å²) in [5.41, 5.74) is 5.52. The molecule has 0 fully saturated rings. The van der Waals surface area contributed by atoms with Gasteiger partial charge in [0, 0.05) is 45.6 Å². The number of nitrogen functional groups attached to an aromatic ring is 1. The van der Waals surface area contributed by atoms with Crippen LogP contribution < -0.4 is 11.4 Å². The van der Waals surface area contributed by atoms with E-state index in [2.05, 4.69) is 11.9 Å². The minimum absolute atomic E-state index is 0. The van der Waals surface area contributed by atoms with Crippen molar-refractivity contribution in [2.24, 2.45) is 7.05 Å². The van der Waals surface area contributed by atoms with Crippen LogP contribution >= 0.6 is 0 Å². The van der Waals surface area contributed by atoms with Crippen LogP contribution in [0.4, 0.5) is 5.82 Å². The molecular formula is C6H8N3OY-. The van der Waals surface area contributed by atoms with Gasteiger partial charge in [0.15, 0.2) is 0 Å². The van der Waals surface area contributed by atoms with Gasteiger partial charge in [-0.2, -0.15) is 6.92 Å². The molecule has 1 aromatic heterocycles. The Morgan fingerprint density at radius 1 is 1.73 bits per heavy atom. The van der Waals surface area contributed by atoms with Crippen LogP contribution in [0.5, 0.6) is 0 Å². The van der Waals surface area contributed by atoms with Gasteiger partial charge in [-0.05, 0) is 0 Å². The van der Waals surface area contributed by atoms with Crippen LogP contribution in [-0.4, -0.2) is 9.55 Å². The van der Waals surface area contributed by atoms with E-state index in [9.17, 15) is 4.79 Å². The number of hydrogen-bond donors (Lipinski definition) is 1. The van der Waals surface area contributed by atoms with Crippen LogP contribution in [0.1, 0.15) is 5.56 Å². The molecule has 1 radical (unpaired) electrons. The first kappa shape index (κ1) is 10.7. The van der Waals surface area contributed by atoms with Crippen LogP contribution in [-0.2, 0) is 39.8 Å². The van der Waals surface area contributed by atoms with E-state index in [1.54, 1.807) is 13.2 Å². The minimum atomic E-state index is -0.357. The maximum absolute atomic E-state index is 10.7. The molecular weight excluding hydrogens is 219 g/mol. The van der Waals surface area contributed by atoms with E-state index >= 15 is 0 Å². The zero-order valence-electron chi connectivity index (χ0n) is 6.24. The zero-order chi connectivity index (χ0) is 7.72. The molecule has 0 amide bonds. The van der Waals surface area contributed by atoms with Crippen LogP contribution in [0.2, 0.25) is 0 Å². The number of nitrogens with two attached hydrogens (primary N) is 1. The topological polar surface area (TPSA) is 60.9 Å². The summed E-state index contributed by atoms with van der Waals surface area (Å²) in [6, 6.07) is 0. The molecule has 0 atom stereocenters. The molecule has 0 saturated heterocycles. The van der Waals surface area contributed by atoms with Gasteiger partial charge in [0.05, 0.1) is 0 Å². The van der Waals surface area contributed by atoms with Crippen LogP contribution in [0.15, 0.2) is 11.0 Å². The van der Waals surface area contributed by atoms with Gasteiger partial charge >= 0.3 is 5.69 Å². The fraction of sp³-hybridized carbons (Fsp3) is 0.167. The molecule has 0 unspecified atom stereocenters. The maximum Gasteiger partial charge on any atom is 0.325 e. The third-order valence-corrected chi connectivity index (χ3v) is 1.20. The zero-order valence-corrected chi connectivity index (χ0v) is 9.08. The van der Waals surface area contributed by atoms with Gasteiger partial charge in [-0.3, -0.25) is 0 Å². The monoisotopic (exact) mass is 227 g/mol. The van der Waals surface area contributed by atoms with Gasteiger partial charge in [-0.25, -0.2) is 9.78 Å². The number of hydrogen-bond acceptors (Lipinski definition) is 3. The van der Waals surface area contributed by atoms with Gasteiger partial charge in [0.25, 0.3) is 0 Å². The Morgan fingerprint density at radius 2 is 2.27 bits per heavy atom. The van der Waals surface area contributed by atoms with E-state index in [1.165, 1.54) is 4.57 Å². The summed E-state index contributed by atoms with van der Waals surface area (Å²) in [6.45, 7) is 3.57. The summed E-state index contributed by atoms with van der Waals surface area (Å²) < 4.78 is 1.33. The fourth-order valence-corrected chi connectivity index (χ4v) is 0.609. The second-order valence-corrected chi connectivity index (χ2v) is 2.04. The molecule has 0 saturated carbocycles. The summed E-state index contributed by atoms with van der Waals surface area (Å²) >= 11 is 0. The Balaban J connectivity index is 0.000001000. The number of rotatable bonds is 0. The quantitative estimate of drug-likeness (QED) is 0.610. The van der Waals surface area contributed by atoms with Crippen molar-refractivity contribution in [3.8, 4) is 0 Å². The molecule has 5 heteroatoms. The van der Waals surface area contributed by atoms with Crippen LogP contribution in [0.3, 0.4) is 0 Å². The van der Waals surface area contributed by atoms with E-state index < -0.39 is 0 Å². The molecule has 0 bridgehead atoms. The Bertz CT molecular complexity index is 307. The van der Waals surface area contributed by atoms with Crippen molar-refractivity contribution in [1.82, 2.24) is 9.55 Å². The second kappa shape index (κ2) is 3.88. The molecule has 0 aliphatic carbocycles. The van der Waals surface area contributed by atoms with Crippen molar-refractivity contribution in [3.63, 3.8) is 0 Å². The Labute approximate surface area is 89.7 Å². The Morgan fingerprint density at radius 3 is 2.73 bits per heavy atom. The van der Waals surface area contributed by atoms with E-state index in [-0.39, 0.29) is 44.2 Å². The molecule has 0 aliphatic rings. The number of anilines is 1. The largest absolute Gasteiger partial charge is 0.434 e. The molecule has 0 spiro atoms. The summed E-state index contributed by atoms with van der Waals surface area (Å²) in [7, 11) is 1.60. The van der Waals surface area contributed by atoms with Crippen molar-refractivity contribution < 1.29 is 32.7 Å². The minimum Gasteiger partial charge on any atom is -0.434 e. The van der Waals surface area contributed by atoms with Crippen molar-refractivity contribution in [1.29, 1.82) is 0 Å². The predicted molar refractivity (Wildman–Crippen MR) is 38.3 cm³/mol. The molecule has 11 heavy (non-hydrogen) atoms. The predicted octanol–water partition coefficient (Wildman–Crippen LogP) is -0.458. The summed E-state index contributed by atoms with van der Waals surface area (Å²) in [6.07, 6.45) is 1.55. The van der Waals surface area contributed by atoms with Crippen molar-refractivity contribution >= 4 is 5.82 Å². The Hall–Kier alpha value is -0.346. The fourth-order valence-electron chi connectivity index (χ4n) is 0.609. The van der Waals surface area contributed by atoms with E-state index in [0.29, 0.717) is 5.56 Å². The molecule has 57 valence electrons. The van der Waals surface area contributed by atoms with E-state index in [1.807, 2.05) is 0 Å².